The minimum atomic E-state index is 0.0924. The minimum Gasteiger partial charge on any atom is -0.490 e. The molecule has 2 N–H and O–H groups in total. The second-order valence-corrected chi connectivity index (χ2v) is 4.93. The molecule has 2 nitrogen and oxygen atoms in total. The van der Waals surface area contributed by atoms with E-state index in [-0.39, 0.29) is 6.04 Å². The number of hydrogen-bond donors (Lipinski definition) is 1. The maximum atomic E-state index is 6.13. The fourth-order valence-electron chi connectivity index (χ4n) is 2.48. The lowest BCUT2D eigenvalue weighted by molar-refractivity contribution is 0.153. The first-order chi connectivity index (χ1) is 8.31. The Balaban J connectivity index is 2.08. The number of ether oxygens (including phenoxy) is 1. The summed E-state index contributed by atoms with van der Waals surface area (Å²) in [5.41, 5.74) is 7.27. The van der Waals surface area contributed by atoms with E-state index in [2.05, 4.69) is 19.1 Å². The van der Waals surface area contributed by atoms with Gasteiger partial charge in [0.1, 0.15) is 5.75 Å². The molecule has 17 heavy (non-hydrogen) atoms. The molecule has 2 heteroatoms. The summed E-state index contributed by atoms with van der Waals surface area (Å²) in [5.74, 6) is 0.994. The van der Waals surface area contributed by atoms with E-state index in [4.69, 9.17) is 10.5 Å². The van der Waals surface area contributed by atoms with Gasteiger partial charge in [-0.05, 0) is 38.2 Å². The number of para-hydroxylation sites is 1. The molecule has 0 heterocycles. The lowest BCUT2D eigenvalue weighted by Crippen LogP contribution is -2.21. The molecule has 2 rings (SSSR count). The Morgan fingerprint density at radius 1 is 1.24 bits per heavy atom. The van der Waals surface area contributed by atoms with Gasteiger partial charge in [0.05, 0.1) is 6.10 Å². The molecule has 1 aromatic carbocycles. The second kappa shape index (κ2) is 6.06. The summed E-state index contributed by atoms with van der Waals surface area (Å²) < 4.78 is 6.13. The second-order valence-electron chi connectivity index (χ2n) is 4.93. The van der Waals surface area contributed by atoms with Gasteiger partial charge in [-0.25, -0.2) is 0 Å². The van der Waals surface area contributed by atoms with Gasteiger partial charge in [-0.1, -0.05) is 31.5 Å². The van der Waals surface area contributed by atoms with Crippen LogP contribution in [0.1, 0.15) is 57.1 Å². The summed E-state index contributed by atoms with van der Waals surface area (Å²) in [6, 6.07) is 8.31. The molecule has 0 bridgehead atoms. The van der Waals surface area contributed by atoms with Crippen LogP contribution in [-0.4, -0.2) is 6.10 Å². The summed E-state index contributed by atoms with van der Waals surface area (Å²) >= 11 is 0. The number of rotatable bonds is 4. The van der Waals surface area contributed by atoms with Crippen molar-refractivity contribution in [3.8, 4) is 5.75 Å². The van der Waals surface area contributed by atoms with Crippen molar-refractivity contribution < 1.29 is 4.74 Å². The van der Waals surface area contributed by atoms with Gasteiger partial charge in [0.15, 0.2) is 0 Å². The zero-order chi connectivity index (χ0) is 12.1. The highest BCUT2D eigenvalue weighted by Gasteiger charge is 2.17. The third-order valence-electron chi connectivity index (χ3n) is 3.60. The van der Waals surface area contributed by atoms with Crippen molar-refractivity contribution in [3.63, 3.8) is 0 Å². The molecular formula is C15H23NO. The fourth-order valence-corrected chi connectivity index (χ4v) is 2.48. The topological polar surface area (TPSA) is 35.2 Å². The highest BCUT2D eigenvalue weighted by atomic mass is 16.5. The van der Waals surface area contributed by atoms with Gasteiger partial charge in [0, 0.05) is 11.6 Å². The number of nitrogens with two attached hydrogens (primary N) is 1. The highest BCUT2D eigenvalue weighted by Crippen LogP contribution is 2.29. The third-order valence-corrected chi connectivity index (χ3v) is 3.60. The van der Waals surface area contributed by atoms with Crippen LogP contribution in [0.4, 0.5) is 0 Å². The quantitative estimate of drug-likeness (QED) is 0.858. The zero-order valence-electron chi connectivity index (χ0n) is 10.7. The molecule has 0 aliphatic heterocycles. The molecular weight excluding hydrogens is 210 g/mol. The van der Waals surface area contributed by atoms with Crippen LogP contribution >= 0.6 is 0 Å². The largest absolute Gasteiger partial charge is 0.490 e. The number of benzene rings is 1. The van der Waals surface area contributed by atoms with Crippen LogP contribution < -0.4 is 10.5 Å². The molecule has 0 amide bonds. The van der Waals surface area contributed by atoms with Gasteiger partial charge in [-0.2, -0.15) is 0 Å². The molecule has 1 saturated carbocycles. The van der Waals surface area contributed by atoms with Crippen LogP contribution in [0.5, 0.6) is 5.75 Å². The van der Waals surface area contributed by atoms with Gasteiger partial charge >= 0.3 is 0 Å². The first-order valence-electron chi connectivity index (χ1n) is 6.82. The molecule has 0 unspecified atom stereocenters. The molecule has 0 spiro atoms. The van der Waals surface area contributed by atoms with Gasteiger partial charge in [-0.3, -0.25) is 0 Å². The first kappa shape index (κ1) is 12.4. The van der Waals surface area contributed by atoms with Crippen LogP contribution in [-0.2, 0) is 0 Å². The Kier molecular flexibility index (Phi) is 4.43. The smallest absolute Gasteiger partial charge is 0.124 e. The van der Waals surface area contributed by atoms with Gasteiger partial charge < -0.3 is 10.5 Å². The third kappa shape index (κ3) is 3.22. The zero-order valence-corrected chi connectivity index (χ0v) is 10.7. The maximum Gasteiger partial charge on any atom is 0.124 e. The Morgan fingerprint density at radius 3 is 2.65 bits per heavy atom. The van der Waals surface area contributed by atoms with E-state index >= 15 is 0 Å². The van der Waals surface area contributed by atoms with Crippen molar-refractivity contribution in [2.45, 2.75) is 57.6 Å². The van der Waals surface area contributed by atoms with Crippen molar-refractivity contribution in [1.82, 2.24) is 0 Å². The normalized spacial score (nSPS) is 18.9. The van der Waals surface area contributed by atoms with Crippen molar-refractivity contribution in [1.29, 1.82) is 0 Å². The van der Waals surface area contributed by atoms with Crippen LogP contribution in [0.2, 0.25) is 0 Å². The van der Waals surface area contributed by atoms with Crippen LogP contribution in [0.25, 0.3) is 0 Å². The maximum absolute atomic E-state index is 6.13. The molecule has 0 radical (unpaired) electrons. The van der Waals surface area contributed by atoms with Crippen molar-refractivity contribution in [2.75, 3.05) is 0 Å². The summed E-state index contributed by atoms with van der Waals surface area (Å²) in [6.45, 7) is 2.11. The van der Waals surface area contributed by atoms with E-state index in [1.165, 1.54) is 32.1 Å². The predicted molar refractivity (Wildman–Crippen MR) is 71.2 cm³/mol. The van der Waals surface area contributed by atoms with Gasteiger partial charge in [-0.15, -0.1) is 0 Å². The van der Waals surface area contributed by atoms with Gasteiger partial charge in [0.2, 0.25) is 0 Å². The molecule has 1 fully saturated rings. The van der Waals surface area contributed by atoms with Crippen LogP contribution in [0, 0.1) is 0 Å². The van der Waals surface area contributed by atoms with Crippen molar-refractivity contribution >= 4 is 0 Å². The molecule has 0 saturated heterocycles. The Bertz CT molecular complexity index is 345. The molecule has 1 atom stereocenters. The summed E-state index contributed by atoms with van der Waals surface area (Å²) in [4.78, 5) is 0. The van der Waals surface area contributed by atoms with E-state index in [1.54, 1.807) is 0 Å². The van der Waals surface area contributed by atoms with Crippen LogP contribution in [0.3, 0.4) is 0 Å². The van der Waals surface area contributed by atoms with Crippen LogP contribution in [0.15, 0.2) is 24.3 Å². The average molecular weight is 233 g/mol. The Hall–Kier alpha value is -1.02. The Labute approximate surface area is 104 Å². The first-order valence-corrected chi connectivity index (χ1v) is 6.82. The molecule has 1 aliphatic carbocycles. The monoisotopic (exact) mass is 233 g/mol. The molecule has 0 aromatic heterocycles. The predicted octanol–water partition coefficient (Wildman–Crippen LogP) is 3.81. The van der Waals surface area contributed by atoms with Crippen molar-refractivity contribution in [2.24, 2.45) is 5.73 Å². The molecule has 94 valence electrons. The van der Waals surface area contributed by atoms with Crippen molar-refractivity contribution in [3.05, 3.63) is 29.8 Å². The lowest BCUT2D eigenvalue weighted by atomic mass is 9.97. The molecule has 1 aromatic rings. The van der Waals surface area contributed by atoms with E-state index in [1.807, 2.05) is 12.1 Å². The van der Waals surface area contributed by atoms with E-state index in [0.717, 1.165) is 17.7 Å². The lowest BCUT2D eigenvalue weighted by Gasteiger charge is -2.25. The van der Waals surface area contributed by atoms with E-state index < -0.39 is 0 Å². The summed E-state index contributed by atoms with van der Waals surface area (Å²) in [6.07, 6.45) is 7.68. The van der Waals surface area contributed by atoms with E-state index in [9.17, 15) is 0 Å². The fraction of sp³-hybridized carbons (Fsp3) is 0.600. The SMILES string of the molecule is CC[C@H](N)c1ccccc1OC1CCCCC1. The minimum absolute atomic E-state index is 0.0924. The average Bonchev–Trinajstić information content (AvgIpc) is 2.40. The van der Waals surface area contributed by atoms with Gasteiger partial charge in [0.25, 0.3) is 0 Å². The standard InChI is InChI=1S/C15H23NO/c1-2-14(16)13-10-6-7-11-15(13)17-12-8-4-3-5-9-12/h6-7,10-12,14H,2-5,8-9,16H2,1H3/t14-/m0/s1. The Morgan fingerprint density at radius 2 is 1.94 bits per heavy atom. The number of hydrogen-bond acceptors (Lipinski definition) is 2. The van der Waals surface area contributed by atoms with E-state index in [0.29, 0.717) is 6.10 Å². The molecule has 1 aliphatic rings. The summed E-state index contributed by atoms with van der Waals surface area (Å²) in [5, 5.41) is 0. The highest BCUT2D eigenvalue weighted by molar-refractivity contribution is 5.35. The summed E-state index contributed by atoms with van der Waals surface area (Å²) in [7, 11) is 0.